The highest BCUT2D eigenvalue weighted by Crippen LogP contribution is 2.27. The Balaban J connectivity index is 3.22. The first kappa shape index (κ1) is 9.66. The zero-order valence-corrected chi connectivity index (χ0v) is 6.67. The average molecular weight is 189 g/mol. The number of halogens is 2. The van der Waals surface area contributed by atoms with E-state index in [1.165, 1.54) is 0 Å². The fraction of sp³-hybridized carbons (Fsp3) is 0.286. The van der Waals surface area contributed by atoms with Crippen LogP contribution in [0.25, 0.3) is 0 Å². The Morgan fingerprint density at radius 2 is 2.15 bits per heavy atom. The van der Waals surface area contributed by atoms with Crippen molar-refractivity contribution in [3.8, 4) is 5.75 Å². The Labute approximate surface area is 73.2 Å². The molecule has 1 aromatic heterocycles. The van der Waals surface area contributed by atoms with Crippen LogP contribution in [0.4, 0.5) is 14.6 Å². The number of nitrogens with two attached hydrogens (primary N) is 2. The number of aromatic nitrogens is 1. The fourth-order valence-corrected chi connectivity index (χ4v) is 0.903. The minimum absolute atomic E-state index is 0.0573. The van der Waals surface area contributed by atoms with E-state index in [0.29, 0.717) is 0 Å². The number of anilines is 1. The van der Waals surface area contributed by atoms with E-state index in [-0.39, 0.29) is 23.7 Å². The largest absolute Gasteiger partial charge is 0.504 e. The van der Waals surface area contributed by atoms with Gasteiger partial charge < -0.3 is 16.6 Å². The molecule has 0 aliphatic heterocycles. The standard InChI is InChI=1S/C7H9F2N3O/c8-6(9)4-1-3(2-10)5(13)7(11)12-4/h1,6,13H,2,10H2,(H2,11,12). The van der Waals surface area contributed by atoms with Crippen molar-refractivity contribution < 1.29 is 13.9 Å². The zero-order chi connectivity index (χ0) is 10.0. The van der Waals surface area contributed by atoms with Crippen molar-refractivity contribution in [1.29, 1.82) is 0 Å². The Bertz CT molecular complexity index is 317. The molecule has 1 heterocycles. The molecular formula is C7H9F2N3O. The second-order valence-corrected chi connectivity index (χ2v) is 2.44. The van der Waals surface area contributed by atoms with E-state index >= 15 is 0 Å². The summed E-state index contributed by atoms with van der Waals surface area (Å²) >= 11 is 0. The predicted molar refractivity (Wildman–Crippen MR) is 43.2 cm³/mol. The molecule has 0 amide bonds. The minimum atomic E-state index is -2.71. The van der Waals surface area contributed by atoms with Crippen molar-refractivity contribution in [3.63, 3.8) is 0 Å². The third kappa shape index (κ3) is 1.83. The van der Waals surface area contributed by atoms with E-state index < -0.39 is 12.1 Å². The highest BCUT2D eigenvalue weighted by molar-refractivity contribution is 5.51. The van der Waals surface area contributed by atoms with Crippen molar-refractivity contribution in [2.24, 2.45) is 5.73 Å². The van der Waals surface area contributed by atoms with Gasteiger partial charge in [0.05, 0.1) is 0 Å². The lowest BCUT2D eigenvalue weighted by Crippen LogP contribution is -2.04. The topological polar surface area (TPSA) is 85.2 Å². The van der Waals surface area contributed by atoms with Crippen LogP contribution >= 0.6 is 0 Å². The van der Waals surface area contributed by atoms with Crippen LogP contribution in [-0.2, 0) is 6.54 Å². The van der Waals surface area contributed by atoms with Crippen molar-refractivity contribution >= 4 is 5.82 Å². The number of hydrogen-bond acceptors (Lipinski definition) is 4. The van der Waals surface area contributed by atoms with Crippen LogP contribution in [0.15, 0.2) is 6.07 Å². The lowest BCUT2D eigenvalue weighted by atomic mass is 10.2. The average Bonchev–Trinajstić information content (AvgIpc) is 2.09. The fourth-order valence-electron chi connectivity index (χ4n) is 0.903. The summed E-state index contributed by atoms with van der Waals surface area (Å²) in [5.41, 5.74) is 10.1. The van der Waals surface area contributed by atoms with Gasteiger partial charge in [0.25, 0.3) is 6.43 Å². The summed E-state index contributed by atoms with van der Waals surface area (Å²) in [7, 11) is 0. The third-order valence-electron chi connectivity index (χ3n) is 1.56. The van der Waals surface area contributed by atoms with Gasteiger partial charge in [-0.3, -0.25) is 0 Å². The zero-order valence-electron chi connectivity index (χ0n) is 6.67. The summed E-state index contributed by atoms with van der Waals surface area (Å²) in [6.45, 7) is -0.0573. The third-order valence-corrected chi connectivity index (χ3v) is 1.56. The lowest BCUT2D eigenvalue weighted by Gasteiger charge is -2.06. The summed E-state index contributed by atoms with van der Waals surface area (Å²) in [6, 6.07) is 1.04. The van der Waals surface area contributed by atoms with Crippen LogP contribution in [0.5, 0.6) is 5.75 Å². The number of aromatic hydroxyl groups is 1. The molecule has 0 aliphatic carbocycles. The summed E-state index contributed by atoms with van der Waals surface area (Å²) in [4.78, 5) is 3.30. The van der Waals surface area contributed by atoms with Gasteiger partial charge in [0.2, 0.25) is 0 Å². The van der Waals surface area contributed by atoms with Crippen LogP contribution in [0.2, 0.25) is 0 Å². The molecule has 0 saturated carbocycles. The van der Waals surface area contributed by atoms with Crippen molar-refractivity contribution in [2.45, 2.75) is 13.0 Å². The molecule has 1 aromatic rings. The second-order valence-electron chi connectivity index (χ2n) is 2.44. The maximum atomic E-state index is 12.2. The smallest absolute Gasteiger partial charge is 0.280 e. The van der Waals surface area contributed by atoms with E-state index in [9.17, 15) is 13.9 Å². The van der Waals surface area contributed by atoms with Crippen molar-refractivity contribution in [3.05, 3.63) is 17.3 Å². The maximum Gasteiger partial charge on any atom is 0.280 e. The molecule has 72 valence electrons. The first-order valence-corrected chi connectivity index (χ1v) is 3.52. The van der Waals surface area contributed by atoms with E-state index in [0.717, 1.165) is 6.07 Å². The number of alkyl halides is 2. The van der Waals surface area contributed by atoms with Crippen LogP contribution in [0, 0.1) is 0 Å². The first-order valence-electron chi connectivity index (χ1n) is 3.52. The SMILES string of the molecule is NCc1cc(C(F)F)nc(N)c1O. The number of hydrogen-bond donors (Lipinski definition) is 3. The number of rotatable bonds is 2. The van der Waals surface area contributed by atoms with Crippen LogP contribution in [0.1, 0.15) is 17.7 Å². The van der Waals surface area contributed by atoms with Gasteiger partial charge in [-0.1, -0.05) is 0 Å². The summed E-state index contributed by atoms with van der Waals surface area (Å²) in [6.07, 6.45) is -2.71. The Hall–Kier alpha value is -1.43. The molecule has 6 heteroatoms. The summed E-state index contributed by atoms with van der Waals surface area (Å²) < 4.78 is 24.3. The highest BCUT2D eigenvalue weighted by atomic mass is 19.3. The molecule has 0 radical (unpaired) electrons. The number of pyridine rings is 1. The van der Waals surface area contributed by atoms with Crippen LogP contribution < -0.4 is 11.5 Å². The van der Waals surface area contributed by atoms with Gasteiger partial charge in [-0.05, 0) is 6.07 Å². The normalized spacial score (nSPS) is 10.8. The molecule has 0 aromatic carbocycles. The van der Waals surface area contributed by atoms with Gasteiger partial charge in [-0.25, -0.2) is 13.8 Å². The lowest BCUT2D eigenvalue weighted by molar-refractivity contribution is 0.146. The van der Waals surface area contributed by atoms with Gasteiger partial charge in [0.1, 0.15) is 5.69 Å². The van der Waals surface area contributed by atoms with Gasteiger partial charge in [-0.2, -0.15) is 0 Å². The predicted octanol–water partition coefficient (Wildman–Crippen LogP) is 0.766. The van der Waals surface area contributed by atoms with E-state index in [4.69, 9.17) is 11.5 Å². The molecule has 0 spiro atoms. The minimum Gasteiger partial charge on any atom is -0.504 e. The molecule has 0 fully saturated rings. The van der Waals surface area contributed by atoms with Gasteiger partial charge in [0, 0.05) is 12.1 Å². The molecule has 4 nitrogen and oxygen atoms in total. The molecular weight excluding hydrogens is 180 g/mol. The first-order chi connectivity index (χ1) is 6.06. The van der Waals surface area contributed by atoms with Crippen molar-refractivity contribution in [2.75, 3.05) is 5.73 Å². The van der Waals surface area contributed by atoms with Crippen molar-refractivity contribution in [1.82, 2.24) is 4.98 Å². The number of nitrogens with zero attached hydrogens (tertiary/aromatic N) is 1. The monoisotopic (exact) mass is 189 g/mol. The van der Waals surface area contributed by atoms with Gasteiger partial charge in [-0.15, -0.1) is 0 Å². The Kier molecular flexibility index (Phi) is 2.62. The molecule has 0 saturated heterocycles. The molecule has 0 atom stereocenters. The summed E-state index contributed by atoms with van der Waals surface area (Å²) in [5.74, 6) is -0.648. The molecule has 0 unspecified atom stereocenters. The van der Waals surface area contributed by atoms with Gasteiger partial charge >= 0.3 is 0 Å². The Morgan fingerprint density at radius 3 is 2.62 bits per heavy atom. The second kappa shape index (κ2) is 3.53. The van der Waals surface area contributed by atoms with Crippen LogP contribution in [0.3, 0.4) is 0 Å². The van der Waals surface area contributed by atoms with E-state index in [1.807, 2.05) is 0 Å². The maximum absolute atomic E-state index is 12.2. The molecule has 0 bridgehead atoms. The molecule has 1 rings (SSSR count). The molecule has 13 heavy (non-hydrogen) atoms. The molecule has 0 aliphatic rings. The quantitative estimate of drug-likeness (QED) is 0.641. The van der Waals surface area contributed by atoms with Gasteiger partial charge in [0.15, 0.2) is 11.6 Å². The highest BCUT2D eigenvalue weighted by Gasteiger charge is 2.14. The summed E-state index contributed by atoms with van der Waals surface area (Å²) in [5, 5.41) is 9.19. The van der Waals surface area contributed by atoms with E-state index in [2.05, 4.69) is 4.98 Å². The van der Waals surface area contributed by atoms with Crippen LogP contribution in [-0.4, -0.2) is 10.1 Å². The van der Waals surface area contributed by atoms with E-state index in [1.54, 1.807) is 0 Å². The molecule has 5 N–H and O–H groups in total. The Morgan fingerprint density at radius 1 is 1.54 bits per heavy atom. The number of nitrogen functional groups attached to an aromatic ring is 1.